The second-order valence-electron chi connectivity index (χ2n) is 1.64. The van der Waals surface area contributed by atoms with Crippen molar-refractivity contribution in [1.29, 1.82) is 0 Å². The average Bonchev–Trinajstić information content (AvgIpc) is 1.89. The Bertz CT molecular complexity index is 75.5. The first kappa shape index (κ1) is 8.62. The van der Waals surface area contributed by atoms with Crippen molar-refractivity contribution in [2.75, 3.05) is 13.2 Å². The third kappa shape index (κ3) is 5.49. The highest BCUT2D eigenvalue weighted by molar-refractivity contribution is 4.69. The molecule has 0 aliphatic rings. The van der Waals surface area contributed by atoms with Crippen LogP contribution in [0.15, 0.2) is 12.7 Å². The average molecular weight is 131 g/mol. The van der Waals surface area contributed by atoms with Gasteiger partial charge in [0.15, 0.2) is 6.29 Å². The van der Waals surface area contributed by atoms with E-state index in [9.17, 15) is 0 Å². The summed E-state index contributed by atoms with van der Waals surface area (Å²) in [7, 11) is 0. The molecule has 54 valence electrons. The van der Waals surface area contributed by atoms with E-state index in [1.54, 1.807) is 0 Å². The molecule has 0 saturated carbocycles. The van der Waals surface area contributed by atoms with Gasteiger partial charge in [-0.2, -0.15) is 0 Å². The van der Waals surface area contributed by atoms with Crippen LogP contribution in [0.1, 0.15) is 6.42 Å². The van der Waals surface area contributed by atoms with Gasteiger partial charge >= 0.3 is 0 Å². The second kappa shape index (κ2) is 5.75. The first-order chi connectivity index (χ1) is 4.31. The van der Waals surface area contributed by atoms with E-state index in [0.717, 1.165) is 6.42 Å². The molecule has 0 bridgehead atoms. The molecule has 0 heterocycles. The highest BCUT2D eigenvalue weighted by Gasteiger charge is 1.93. The summed E-state index contributed by atoms with van der Waals surface area (Å²) in [6.45, 7) is 4.41. The summed E-state index contributed by atoms with van der Waals surface area (Å²) in [5, 5.41) is 8.70. The molecule has 1 atom stereocenters. The molecule has 0 radical (unpaired) electrons. The van der Waals surface area contributed by atoms with Crippen LogP contribution in [0.2, 0.25) is 0 Å². The molecule has 3 heteroatoms. The van der Waals surface area contributed by atoms with E-state index in [1.165, 1.54) is 6.08 Å². The van der Waals surface area contributed by atoms with Crippen LogP contribution in [-0.4, -0.2) is 24.5 Å². The van der Waals surface area contributed by atoms with E-state index in [-0.39, 0.29) is 0 Å². The topological polar surface area (TPSA) is 55.5 Å². The number of aliphatic hydroxyl groups excluding tert-OH is 1. The number of ether oxygens (including phenoxy) is 1. The fourth-order valence-corrected chi connectivity index (χ4v) is 0.355. The Kier molecular flexibility index (Phi) is 5.51. The van der Waals surface area contributed by atoms with Gasteiger partial charge < -0.3 is 15.6 Å². The molecular weight excluding hydrogens is 118 g/mol. The Morgan fingerprint density at radius 3 is 2.89 bits per heavy atom. The van der Waals surface area contributed by atoms with Crippen molar-refractivity contribution in [2.45, 2.75) is 12.7 Å². The van der Waals surface area contributed by atoms with Crippen LogP contribution in [0.25, 0.3) is 0 Å². The van der Waals surface area contributed by atoms with Crippen molar-refractivity contribution in [1.82, 2.24) is 0 Å². The quantitative estimate of drug-likeness (QED) is 0.310. The number of rotatable bonds is 5. The Morgan fingerprint density at radius 1 is 1.78 bits per heavy atom. The molecule has 0 rings (SSSR count). The van der Waals surface area contributed by atoms with Crippen molar-refractivity contribution in [3.05, 3.63) is 12.7 Å². The third-order valence-corrected chi connectivity index (χ3v) is 0.839. The summed E-state index contributed by atoms with van der Waals surface area (Å²) < 4.78 is 4.79. The Hall–Kier alpha value is -0.380. The summed E-state index contributed by atoms with van der Waals surface area (Å²) >= 11 is 0. The lowest BCUT2D eigenvalue weighted by Gasteiger charge is -2.04. The molecule has 0 aliphatic heterocycles. The summed E-state index contributed by atoms with van der Waals surface area (Å²) in [5.74, 6) is 0. The van der Waals surface area contributed by atoms with Gasteiger partial charge in [0.05, 0.1) is 6.61 Å². The van der Waals surface area contributed by atoms with Crippen molar-refractivity contribution < 1.29 is 9.84 Å². The van der Waals surface area contributed by atoms with Crippen LogP contribution < -0.4 is 5.73 Å². The van der Waals surface area contributed by atoms with E-state index >= 15 is 0 Å². The molecule has 3 nitrogen and oxygen atoms in total. The second-order valence-corrected chi connectivity index (χ2v) is 1.64. The zero-order valence-electron chi connectivity index (χ0n) is 5.42. The maximum atomic E-state index is 8.70. The van der Waals surface area contributed by atoms with Gasteiger partial charge in [0.1, 0.15) is 0 Å². The largest absolute Gasteiger partial charge is 0.365 e. The molecule has 0 aromatic carbocycles. The summed E-state index contributed by atoms with van der Waals surface area (Å²) in [4.78, 5) is 0. The smallest absolute Gasteiger partial charge is 0.173 e. The van der Waals surface area contributed by atoms with Crippen LogP contribution in [0.5, 0.6) is 0 Å². The van der Waals surface area contributed by atoms with Gasteiger partial charge in [-0.3, -0.25) is 0 Å². The minimum atomic E-state index is -0.837. The standard InChI is InChI=1S/C6H13NO2/c1-2-6(8)9-5-3-4-7/h2,6,8H,1,3-5,7H2. The molecule has 0 aliphatic carbocycles. The summed E-state index contributed by atoms with van der Waals surface area (Å²) in [5.41, 5.74) is 5.17. The van der Waals surface area contributed by atoms with E-state index in [0.29, 0.717) is 13.2 Å². The maximum Gasteiger partial charge on any atom is 0.173 e. The van der Waals surface area contributed by atoms with Gasteiger partial charge in [-0.1, -0.05) is 6.58 Å². The van der Waals surface area contributed by atoms with E-state index in [4.69, 9.17) is 15.6 Å². The van der Waals surface area contributed by atoms with Crippen LogP contribution >= 0.6 is 0 Å². The van der Waals surface area contributed by atoms with E-state index in [2.05, 4.69) is 6.58 Å². The number of hydrogen-bond donors (Lipinski definition) is 2. The fraction of sp³-hybridized carbons (Fsp3) is 0.667. The number of aliphatic hydroxyl groups is 1. The van der Waals surface area contributed by atoms with Crippen LogP contribution in [0.3, 0.4) is 0 Å². The van der Waals surface area contributed by atoms with Gasteiger partial charge in [0, 0.05) is 0 Å². The van der Waals surface area contributed by atoms with Gasteiger partial charge in [0.25, 0.3) is 0 Å². The van der Waals surface area contributed by atoms with Gasteiger partial charge in [0.2, 0.25) is 0 Å². The first-order valence-corrected chi connectivity index (χ1v) is 2.93. The third-order valence-electron chi connectivity index (χ3n) is 0.839. The number of nitrogens with two attached hydrogens (primary N) is 1. The van der Waals surface area contributed by atoms with Crippen molar-refractivity contribution >= 4 is 0 Å². The van der Waals surface area contributed by atoms with Crippen LogP contribution in [0, 0.1) is 0 Å². The predicted molar refractivity (Wildman–Crippen MR) is 35.8 cm³/mol. The predicted octanol–water partition coefficient (Wildman–Crippen LogP) is -0.144. The van der Waals surface area contributed by atoms with E-state index in [1.807, 2.05) is 0 Å². The lowest BCUT2D eigenvalue weighted by molar-refractivity contribution is -0.0638. The minimum Gasteiger partial charge on any atom is -0.365 e. The highest BCUT2D eigenvalue weighted by Crippen LogP contribution is 1.87. The maximum absolute atomic E-state index is 8.70. The summed E-state index contributed by atoms with van der Waals surface area (Å²) in [6, 6.07) is 0. The molecule has 9 heavy (non-hydrogen) atoms. The summed E-state index contributed by atoms with van der Waals surface area (Å²) in [6.07, 6.45) is 1.26. The first-order valence-electron chi connectivity index (χ1n) is 2.93. The molecule has 0 spiro atoms. The van der Waals surface area contributed by atoms with Crippen molar-refractivity contribution in [3.8, 4) is 0 Å². The number of hydrogen-bond acceptors (Lipinski definition) is 3. The molecular formula is C6H13NO2. The van der Waals surface area contributed by atoms with Crippen molar-refractivity contribution in [2.24, 2.45) is 5.73 Å². The molecule has 1 unspecified atom stereocenters. The lowest BCUT2D eigenvalue weighted by atomic mass is 10.5. The molecule has 3 N–H and O–H groups in total. The fourth-order valence-electron chi connectivity index (χ4n) is 0.355. The zero-order chi connectivity index (χ0) is 7.11. The molecule has 0 aromatic heterocycles. The van der Waals surface area contributed by atoms with E-state index < -0.39 is 6.29 Å². The van der Waals surface area contributed by atoms with Gasteiger partial charge in [-0.15, -0.1) is 0 Å². The van der Waals surface area contributed by atoms with Crippen LogP contribution in [-0.2, 0) is 4.74 Å². The Balaban J connectivity index is 2.96. The molecule has 0 fully saturated rings. The SMILES string of the molecule is C=CC(O)OCCCN. The normalized spacial score (nSPS) is 13.1. The van der Waals surface area contributed by atoms with Crippen LogP contribution in [0.4, 0.5) is 0 Å². The zero-order valence-corrected chi connectivity index (χ0v) is 5.42. The Morgan fingerprint density at radius 2 is 2.44 bits per heavy atom. The monoisotopic (exact) mass is 131 g/mol. The highest BCUT2D eigenvalue weighted by atomic mass is 16.6. The lowest BCUT2D eigenvalue weighted by Crippen LogP contribution is -2.11. The van der Waals surface area contributed by atoms with Gasteiger partial charge in [-0.25, -0.2) is 0 Å². The molecule has 0 saturated heterocycles. The molecule has 0 aromatic rings. The Labute approximate surface area is 55.1 Å². The minimum absolute atomic E-state index is 0.490. The molecule has 0 amide bonds. The van der Waals surface area contributed by atoms with Gasteiger partial charge in [-0.05, 0) is 19.0 Å². The van der Waals surface area contributed by atoms with Crippen molar-refractivity contribution in [3.63, 3.8) is 0 Å².